The van der Waals surface area contributed by atoms with Gasteiger partial charge in [-0.15, -0.1) is 5.10 Å². The fourth-order valence-corrected chi connectivity index (χ4v) is 7.45. The maximum absolute atomic E-state index is 14.6. The summed E-state index contributed by atoms with van der Waals surface area (Å²) in [5.74, 6) is 0.287. The minimum atomic E-state index is -0.801. The van der Waals surface area contributed by atoms with Gasteiger partial charge >= 0.3 is 0 Å². The Morgan fingerprint density at radius 3 is 2.72 bits per heavy atom. The second-order valence-electron chi connectivity index (χ2n) is 12.5. The average Bonchev–Trinajstić information content (AvgIpc) is 3.51. The fraction of sp³-hybridized carbons (Fsp3) is 0.645. The summed E-state index contributed by atoms with van der Waals surface area (Å²) in [7, 11) is 5.05. The van der Waals surface area contributed by atoms with Crippen molar-refractivity contribution in [2.75, 3.05) is 33.8 Å². The summed E-state index contributed by atoms with van der Waals surface area (Å²) in [5, 5.41) is 11.8. The predicted molar refractivity (Wildman–Crippen MR) is 160 cm³/mol. The number of nitrogens with zero attached hydrogens (tertiary/aromatic N) is 5. The van der Waals surface area contributed by atoms with Crippen LogP contribution in [0, 0.1) is 17.3 Å². The Balaban J connectivity index is 1.53. The van der Waals surface area contributed by atoms with Gasteiger partial charge in [-0.05, 0) is 49.8 Å². The molecule has 0 radical (unpaired) electrons. The predicted octanol–water partition coefficient (Wildman–Crippen LogP) is 3.43. The maximum atomic E-state index is 14.6. The summed E-state index contributed by atoms with van der Waals surface area (Å²) in [5.41, 5.74) is 2.39. The summed E-state index contributed by atoms with van der Waals surface area (Å²) in [4.78, 5) is 44.5. The van der Waals surface area contributed by atoms with Crippen LogP contribution in [0.5, 0.6) is 5.75 Å². The number of likely N-dealkylation sites (tertiary alicyclic amines) is 1. The number of methoxy groups -OCH3 is 1. The van der Waals surface area contributed by atoms with Gasteiger partial charge in [-0.1, -0.05) is 36.6 Å². The molecule has 3 aliphatic rings. The number of benzene rings is 1. The smallest absolute Gasteiger partial charge is 0.227 e. The van der Waals surface area contributed by atoms with E-state index in [0.29, 0.717) is 68.4 Å². The number of amides is 3. The molecule has 234 valence electrons. The van der Waals surface area contributed by atoms with Gasteiger partial charge in [0.25, 0.3) is 0 Å². The SMILES string of the molecule is CNC(=O)[C@@]1(C)CCCC[C@H]1C(=O)N1CCc2c(Cl)ccc(OCc3nnn(C)c3COC)c2[C@H]1CN1CC(C)CC1=O. The largest absolute Gasteiger partial charge is 0.487 e. The van der Waals surface area contributed by atoms with Gasteiger partial charge in [-0.25, -0.2) is 4.68 Å². The lowest BCUT2D eigenvalue weighted by Gasteiger charge is -2.46. The monoisotopic (exact) mass is 614 g/mol. The molecule has 1 N–H and O–H groups in total. The van der Waals surface area contributed by atoms with E-state index < -0.39 is 17.4 Å². The first-order valence-electron chi connectivity index (χ1n) is 15.2. The maximum Gasteiger partial charge on any atom is 0.227 e. The minimum absolute atomic E-state index is 0.0524. The van der Waals surface area contributed by atoms with Crippen LogP contribution < -0.4 is 10.1 Å². The van der Waals surface area contributed by atoms with Crippen molar-refractivity contribution in [1.82, 2.24) is 30.1 Å². The van der Waals surface area contributed by atoms with Crippen molar-refractivity contribution in [2.24, 2.45) is 24.3 Å². The van der Waals surface area contributed by atoms with Gasteiger partial charge in [0.15, 0.2) is 0 Å². The molecule has 1 saturated heterocycles. The highest BCUT2D eigenvalue weighted by molar-refractivity contribution is 6.31. The average molecular weight is 615 g/mol. The van der Waals surface area contributed by atoms with Gasteiger partial charge in [0.2, 0.25) is 17.7 Å². The Hall–Kier alpha value is -3.18. The second kappa shape index (κ2) is 12.8. The van der Waals surface area contributed by atoms with Gasteiger partial charge in [0.05, 0.1) is 29.7 Å². The second-order valence-corrected chi connectivity index (χ2v) is 12.9. The number of carbonyl (C=O) groups is 3. The minimum Gasteiger partial charge on any atom is -0.487 e. The summed E-state index contributed by atoms with van der Waals surface area (Å²) < 4.78 is 13.4. The third kappa shape index (κ3) is 5.98. The number of aryl methyl sites for hydroxylation is 1. The molecule has 43 heavy (non-hydrogen) atoms. The summed E-state index contributed by atoms with van der Waals surface area (Å²) in [6.45, 7) is 5.88. The summed E-state index contributed by atoms with van der Waals surface area (Å²) >= 11 is 6.78. The summed E-state index contributed by atoms with van der Waals surface area (Å²) in [6, 6.07) is 3.18. The molecule has 0 bridgehead atoms. The highest BCUT2D eigenvalue weighted by Crippen LogP contribution is 2.46. The van der Waals surface area contributed by atoms with Crippen molar-refractivity contribution in [3.05, 3.63) is 39.7 Å². The molecule has 2 aromatic rings. The molecule has 3 amide bonds. The number of hydrogen-bond acceptors (Lipinski definition) is 7. The van der Waals surface area contributed by atoms with Crippen molar-refractivity contribution >= 4 is 29.3 Å². The molecule has 1 aromatic carbocycles. The normalized spacial score (nSPS) is 25.5. The molecule has 0 spiro atoms. The Bertz CT molecular complexity index is 1380. The van der Waals surface area contributed by atoms with E-state index in [1.165, 1.54) is 0 Å². The van der Waals surface area contributed by atoms with E-state index in [4.69, 9.17) is 21.1 Å². The van der Waals surface area contributed by atoms with Crippen LogP contribution in [0.4, 0.5) is 0 Å². The molecule has 2 fully saturated rings. The highest BCUT2D eigenvalue weighted by atomic mass is 35.5. The van der Waals surface area contributed by atoms with Crippen molar-refractivity contribution in [3.63, 3.8) is 0 Å². The van der Waals surface area contributed by atoms with Crippen LogP contribution in [0.15, 0.2) is 12.1 Å². The zero-order chi connectivity index (χ0) is 30.9. The molecular weight excluding hydrogens is 572 g/mol. The van der Waals surface area contributed by atoms with Crippen LogP contribution in [-0.2, 0) is 45.8 Å². The lowest BCUT2D eigenvalue weighted by atomic mass is 9.66. The number of rotatable bonds is 9. The third-order valence-corrected chi connectivity index (χ3v) is 9.93. The number of halogens is 1. The van der Waals surface area contributed by atoms with E-state index in [2.05, 4.69) is 22.6 Å². The Morgan fingerprint density at radius 1 is 1.23 bits per heavy atom. The molecule has 4 atom stereocenters. The molecule has 12 heteroatoms. The van der Waals surface area contributed by atoms with E-state index in [9.17, 15) is 14.4 Å². The van der Waals surface area contributed by atoms with Crippen molar-refractivity contribution in [2.45, 2.75) is 71.6 Å². The molecule has 1 unspecified atom stereocenters. The zero-order valence-corrected chi connectivity index (χ0v) is 26.6. The van der Waals surface area contributed by atoms with Gasteiger partial charge in [0.1, 0.15) is 18.1 Å². The molecule has 11 nitrogen and oxygen atoms in total. The molecule has 1 aliphatic carbocycles. The summed E-state index contributed by atoms with van der Waals surface area (Å²) in [6.07, 6.45) is 4.12. The van der Waals surface area contributed by atoms with Crippen LogP contribution in [0.25, 0.3) is 0 Å². The van der Waals surface area contributed by atoms with Crippen LogP contribution in [0.1, 0.15) is 74.5 Å². The number of aromatic nitrogens is 3. The first-order valence-corrected chi connectivity index (χ1v) is 15.6. The number of carbonyl (C=O) groups excluding carboxylic acids is 3. The molecular formula is C31H43ClN6O5. The first-order chi connectivity index (χ1) is 20.6. The number of nitrogens with one attached hydrogen (secondary N) is 1. The topological polar surface area (TPSA) is 119 Å². The molecule has 1 aromatic heterocycles. The number of hydrogen-bond donors (Lipinski definition) is 1. The number of ether oxygens (including phenoxy) is 2. The Kier molecular flexibility index (Phi) is 9.31. The third-order valence-electron chi connectivity index (χ3n) is 9.58. The number of fused-ring (bicyclic) bond motifs is 1. The van der Waals surface area contributed by atoms with Crippen LogP contribution in [0.3, 0.4) is 0 Å². The van der Waals surface area contributed by atoms with Gasteiger partial charge in [0, 0.05) is 57.8 Å². The molecule has 1 saturated carbocycles. The fourth-order valence-electron chi connectivity index (χ4n) is 7.19. The zero-order valence-electron chi connectivity index (χ0n) is 25.8. The van der Waals surface area contributed by atoms with E-state index in [-0.39, 0.29) is 30.2 Å². The highest BCUT2D eigenvalue weighted by Gasteiger charge is 2.49. The van der Waals surface area contributed by atoms with Crippen molar-refractivity contribution < 1.29 is 23.9 Å². The van der Waals surface area contributed by atoms with Gasteiger partial charge in [-0.3, -0.25) is 14.4 Å². The first kappa shape index (κ1) is 31.3. The van der Waals surface area contributed by atoms with Crippen molar-refractivity contribution in [3.8, 4) is 5.75 Å². The van der Waals surface area contributed by atoms with Crippen LogP contribution in [-0.4, -0.2) is 76.3 Å². The quantitative estimate of drug-likeness (QED) is 0.460. The van der Waals surface area contributed by atoms with Gasteiger partial charge < -0.3 is 24.6 Å². The van der Waals surface area contributed by atoms with Crippen LogP contribution in [0.2, 0.25) is 5.02 Å². The molecule has 5 rings (SSSR count). The van der Waals surface area contributed by atoms with E-state index in [0.717, 1.165) is 29.7 Å². The molecule has 2 aliphatic heterocycles. The lowest BCUT2D eigenvalue weighted by molar-refractivity contribution is -0.153. The van der Waals surface area contributed by atoms with Gasteiger partial charge in [-0.2, -0.15) is 0 Å². The van der Waals surface area contributed by atoms with E-state index in [1.807, 2.05) is 28.9 Å². The van der Waals surface area contributed by atoms with Crippen LogP contribution >= 0.6 is 11.6 Å². The van der Waals surface area contributed by atoms with E-state index >= 15 is 0 Å². The Morgan fingerprint density at radius 2 is 2.02 bits per heavy atom. The Labute approximate surface area is 258 Å². The molecule has 3 heterocycles. The lowest BCUT2D eigenvalue weighted by Crippen LogP contribution is -2.54. The standard InChI is InChI=1S/C31H43ClN6O5/c1-19-14-27(39)37(15-19)16-24-28-20(11-13-38(24)29(40)21-8-6-7-12-31(21,2)30(41)33-3)22(32)9-10-26(28)43-17-23-25(18-42-5)36(4)35-34-23/h9-10,19,21,24H,6-8,11-18H2,1-5H3,(H,33,41)/t19?,21-,24+,31-/m0/s1. The van der Waals surface area contributed by atoms with E-state index in [1.54, 1.807) is 25.9 Å². The van der Waals surface area contributed by atoms with Crippen molar-refractivity contribution in [1.29, 1.82) is 0 Å².